The van der Waals surface area contributed by atoms with E-state index in [1.165, 1.54) is 25.7 Å². The predicted octanol–water partition coefficient (Wildman–Crippen LogP) is 3.22. The minimum absolute atomic E-state index is 0.466. The molecule has 0 radical (unpaired) electrons. The minimum atomic E-state index is 0.466. The summed E-state index contributed by atoms with van der Waals surface area (Å²) in [7, 11) is 0. The topological polar surface area (TPSA) is 37.8 Å². The number of thioether (sulfide) groups is 1. The number of nitrogens with one attached hydrogen (secondary N) is 1. The van der Waals surface area contributed by atoms with Crippen molar-refractivity contribution in [2.75, 3.05) is 11.6 Å². The summed E-state index contributed by atoms with van der Waals surface area (Å²) in [6.45, 7) is 0. The first-order chi connectivity index (χ1) is 7.79. The van der Waals surface area contributed by atoms with Crippen LogP contribution in [0.15, 0.2) is 12.4 Å². The number of nitrogens with zero attached hydrogens (tertiary/aromatic N) is 2. The van der Waals surface area contributed by atoms with Crippen LogP contribution in [0.2, 0.25) is 5.15 Å². The van der Waals surface area contributed by atoms with E-state index < -0.39 is 0 Å². The number of anilines is 1. The fourth-order valence-electron chi connectivity index (χ4n) is 2.10. The highest BCUT2D eigenvalue weighted by molar-refractivity contribution is 7.99. The van der Waals surface area contributed by atoms with Gasteiger partial charge in [-0.15, -0.1) is 0 Å². The minimum Gasteiger partial charge on any atom is -0.365 e. The summed E-state index contributed by atoms with van der Waals surface area (Å²) in [6, 6.07) is 0.486. The zero-order chi connectivity index (χ0) is 11.4. The van der Waals surface area contributed by atoms with Crippen molar-refractivity contribution in [3.63, 3.8) is 0 Å². The lowest BCUT2D eigenvalue weighted by atomic mass is 9.95. The quantitative estimate of drug-likeness (QED) is 0.902. The number of rotatable bonds is 3. The third-order valence-corrected chi connectivity index (χ3v) is 4.33. The maximum atomic E-state index is 5.97. The Morgan fingerprint density at radius 2 is 2.19 bits per heavy atom. The summed E-state index contributed by atoms with van der Waals surface area (Å²) in [5.74, 6) is 0.718. The van der Waals surface area contributed by atoms with E-state index in [9.17, 15) is 0 Å². The summed E-state index contributed by atoms with van der Waals surface area (Å²) < 4.78 is 0. The second-order valence-corrected chi connectivity index (χ2v) is 5.56. The average Bonchev–Trinajstić information content (AvgIpc) is 2.32. The van der Waals surface area contributed by atoms with Crippen molar-refractivity contribution in [1.82, 2.24) is 9.97 Å². The highest BCUT2D eigenvalue weighted by Crippen LogP contribution is 2.29. The van der Waals surface area contributed by atoms with Gasteiger partial charge in [0.05, 0.1) is 0 Å². The molecule has 0 aliphatic heterocycles. The molecule has 1 fully saturated rings. The first kappa shape index (κ1) is 12.0. The molecule has 1 N–H and O–H groups in total. The molecule has 1 aliphatic carbocycles. The zero-order valence-corrected chi connectivity index (χ0v) is 10.9. The van der Waals surface area contributed by atoms with Crippen molar-refractivity contribution < 1.29 is 0 Å². The van der Waals surface area contributed by atoms with Crippen LogP contribution in [0.25, 0.3) is 0 Å². The first-order valence-electron chi connectivity index (χ1n) is 5.55. The van der Waals surface area contributed by atoms with Gasteiger partial charge in [0.15, 0.2) is 11.0 Å². The monoisotopic (exact) mass is 257 g/mol. The van der Waals surface area contributed by atoms with Crippen molar-refractivity contribution in [2.24, 2.45) is 0 Å². The van der Waals surface area contributed by atoms with Crippen LogP contribution in [-0.2, 0) is 0 Å². The van der Waals surface area contributed by atoms with E-state index in [0.717, 1.165) is 11.1 Å². The number of hydrogen-bond acceptors (Lipinski definition) is 4. The molecular weight excluding hydrogens is 242 g/mol. The third-order valence-electron chi connectivity index (χ3n) is 2.95. The zero-order valence-electron chi connectivity index (χ0n) is 9.32. The van der Waals surface area contributed by atoms with Gasteiger partial charge in [-0.25, -0.2) is 9.97 Å². The second-order valence-electron chi connectivity index (χ2n) is 4.06. The first-order valence-corrected chi connectivity index (χ1v) is 7.22. The van der Waals surface area contributed by atoms with Gasteiger partial charge in [0.1, 0.15) is 0 Å². The molecular formula is C11H16ClN3S. The fraction of sp³-hybridized carbons (Fsp3) is 0.636. The van der Waals surface area contributed by atoms with E-state index in [4.69, 9.17) is 11.6 Å². The summed E-state index contributed by atoms with van der Waals surface area (Å²) in [5.41, 5.74) is 0. The average molecular weight is 258 g/mol. The van der Waals surface area contributed by atoms with Crippen LogP contribution in [0.1, 0.15) is 25.7 Å². The maximum Gasteiger partial charge on any atom is 0.171 e. The van der Waals surface area contributed by atoms with Gasteiger partial charge in [0.25, 0.3) is 0 Å². The van der Waals surface area contributed by atoms with E-state index in [1.54, 1.807) is 12.4 Å². The lowest BCUT2D eigenvalue weighted by Gasteiger charge is -2.29. The van der Waals surface area contributed by atoms with Crippen molar-refractivity contribution in [1.29, 1.82) is 0 Å². The van der Waals surface area contributed by atoms with Crippen LogP contribution in [-0.4, -0.2) is 27.5 Å². The number of hydrogen-bond donors (Lipinski definition) is 1. The van der Waals surface area contributed by atoms with Gasteiger partial charge < -0.3 is 5.32 Å². The van der Waals surface area contributed by atoms with E-state index >= 15 is 0 Å². The standard InChI is InChI=1S/C11H16ClN3S/c1-16-9-4-2-3-8(7-9)15-11-10(12)13-5-6-14-11/h5-6,8-9H,2-4,7H2,1H3,(H,14,15). The summed E-state index contributed by atoms with van der Waals surface area (Å²) in [5, 5.41) is 4.63. The molecule has 2 rings (SSSR count). The van der Waals surface area contributed by atoms with Gasteiger partial charge in [-0.05, 0) is 25.5 Å². The van der Waals surface area contributed by atoms with E-state index in [0.29, 0.717) is 11.2 Å². The Morgan fingerprint density at radius 3 is 2.94 bits per heavy atom. The van der Waals surface area contributed by atoms with Gasteiger partial charge in [0.2, 0.25) is 0 Å². The number of halogens is 1. The van der Waals surface area contributed by atoms with Crippen molar-refractivity contribution in [2.45, 2.75) is 37.0 Å². The van der Waals surface area contributed by atoms with Crippen molar-refractivity contribution in [3.8, 4) is 0 Å². The Morgan fingerprint density at radius 1 is 1.38 bits per heavy atom. The summed E-state index contributed by atoms with van der Waals surface area (Å²) in [6.07, 6.45) is 10.5. The normalized spacial score (nSPS) is 25.4. The lowest BCUT2D eigenvalue weighted by molar-refractivity contribution is 0.472. The summed E-state index contributed by atoms with van der Waals surface area (Å²) >= 11 is 7.93. The van der Waals surface area contributed by atoms with E-state index in [1.807, 2.05) is 11.8 Å². The molecule has 1 aromatic heterocycles. The van der Waals surface area contributed by atoms with Gasteiger partial charge in [-0.3, -0.25) is 0 Å². The molecule has 0 spiro atoms. The molecule has 1 aromatic rings. The summed E-state index contributed by atoms with van der Waals surface area (Å²) in [4.78, 5) is 8.23. The molecule has 0 saturated heterocycles. The molecule has 2 unspecified atom stereocenters. The van der Waals surface area contributed by atoms with Gasteiger partial charge in [-0.1, -0.05) is 18.0 Å². The molecule has 0 aromatic carbocycles. The van der Waals surface area contributed by atoms with E-state index in [2.05, 4.69) is 21.5 Å². The molecule has 5 heteroatoms. The van der Waals surface area contributed by atoms with Gasteiger partial charge >= 0.3 is 0 Å². The molecule has 2 atom stereocenters. The molecule has 16 heavy (non-hydrogen) atoms. The predicted molar refractivity (Wildman–Crippen MR) is 70.2 cm³/mol. The van der Waals surface area contributed by atoms with Crippen LogP contribution >= 0.6 is 23.4 Å². The molecule has 1 aliphatic rings. The van der Waals surface area contributed by atoms with Crippen molar-refractivity contribution >= 4 is 29.2 Å². The molecule has 1 saturated carbocycles. The Balaban J connectivity index is 1.97. The SMILES string of the molecule is CSC1CCCC(Nc2nccnc2Cl)C1. The number of aromatic nitrogens is 2. The second kappa shape index (κ2) is 5.73. The largest absolute Gasteiger partial charge is 0.365 e. The highest BCUT2D eigenvalue weighted by Gasteiger charge is 2.21. The molecule has 0 amide bonds. The third kappa shape index (κ3) is 3.01. The molecule has 88 valence electrons. The van der Waals surface area contributed by atoms with E-state index in [-0.39, 0.29) is 0 Å². The van der Waals surface area contributed by atoms with Crippen LogP contribution in [0, 0.1) is 0 Å². The molecule has 0 bridgehead atoms. The maximum absolute atomic E-state index is 5.97. The highest BCUT2D eigenvalue weighted by atomic mass is 35.5. The molecule has 3 nitrogen and oxygen atoms in total. The molecule has 1 heterocycles. The van der Waals surface area contributed by atoms with Gasteiger partial charge in [-0.2, -0.15) is 11.8 Å². The fourth-order valence-corrected chi connectivity index (χ4v) is 3.09. The van der Waals surface area contributed by atoms with Crippen LogP contribution in [0.3, 0.4) is 0 Å². The van der Waals surface area contributed by atoms with Crippen LogP contribution < -0.4 is 5.32 Å². The van der Waals surface area contributed by atoms with Crippen molar-refractivity contribution in [3.05, 3.63) is 17.5 Å². The Kier molecular flexibility index (Phi) is 4.29. The Bertz CT molecular complexity index is 348. The Hall–Kier alpha value is -0.480. The van der Waals surface area contributed by atoms with Crippen LogP contribution in [0.5, 0.6) is 0 Å². The Labute approximate surface area is 105 Å². The smallest absolute Gasteiger partial charge is 0.171 e. The lowest BCUT2D eigenvalue weighted by Crippen LogP contribution is -2.29. The van der Waals surface area contributed by atoms with Crippen LogP contribution in [0.4, 0.5) is 5.82 Å². The van der Waals surface area contributed by atoms with Gasteiger partial charge in [0, 0.05) is 23.7 Å².